The normalized spacial score (nSPS) is 27.7. The molecule has 0 saturated carbocycles. The molecular formula is C8H15NO. The first-order valence-corrected chi connectivity index (χ1v) is 4.05. The topological polar surface area (TPSA) is 20.3 Å². The van der Waals surface area contributed by atoms with E-state index in [1.807, 2.05) is 4.90 Å². The Kier molecular flexibility index (Phi) is 2.72. The average Bonchev–Trinajstić information content (AvgIpc) is 2.13. The molecule has 1 saturated heterocycles. The summed E-state index contributed by atoms with van der Waals surface area (Å²) in [6.07, 6.45) is 5.91. The Morgan fingerprint density at radius 2 is 2.20 bits per heavy atom. The molecule has 58 valence electrons. The minimum absolute atomic E-state index is 0.472. The third-order valence-corrected chi connectivity index (χ3v) is 2.24. The largest absolute Gasteiger partial charge is 0.343 e. The van der Waals surface area contributed by atoms with E-state index in [1.54, 1.807) is 0 Å². The van der Waals surface area contributed by atoms with Crippen molar-refractivity contribution in [3.8, 4) is 0 Å². The minimum atomic E-state index is 0.472. The van der Waals surface area contributed by atoms with Crippen LogP contribution in [0.5, 0.6) is 0 Å². The second-order valence-corrected chi connectivity index (χ2v) is 3.04. The summed E-state index contributed by atoms with van der Waals surface area (Å²) in [7, 11) is 0. The van der Waals surface area contributed by atoms with Gasteiger partial charge in [-0.15, -0.1) is 0 Å². The maximum absolute atomic E-state index is 10.4. The van der Waals surface area contributed by atoms with Crippen molar-refractivity contribution in [2.45, 2.75) is 38.6 Å². The third kappa shape index (κ3) is 1.72. The van der Waals surface area contributed by atoms with E-state index in [-0.39, 0.29) is 0 Å². The first-order valence-electron chi connectivity index (χ1n) is 4.05. The summed E-state index contributed by atoms with van der Waals surface area (Å²) in [4.78, 5) is 12.4. The quantitative estimate of drug-likeness (QED) is 0.505. The lowest BCUT2D eigenvalue weighted by Crippen LogP contribution is -2.30. The lowest BCUT2D eigenvalue weighted by atomic mass is 10.1. The van der Waals surface area contributed by atoms with Crippen molar-refractivity contribution in [1.29, 1.82) is 0 Å². The van der Waals surface area contributed by atoms with Gasteiger partial charge in [-0.25, -0.2) is 0 Å². The van der Waals surface area contributed by atoms with Gasteiger partial charge in [0.1, 0.15) is 0 Å². The summed E-state index contributed by atoms with van der Waals surface area (Å²) in [6, 6.07) is 0.472. The van der Waals surface area contributed by atoms with Crippen molar-refractivity contribution in [3.05, 3.63) is 0 Å². The molecule has 2 nitrogen and oxygen atoms in total. The molecule has 1 heterocycles. The predicted molar refractivity (Wildman–Crippen MR) is 40.7 cm³/mol. The van der Waals surface area contributed by atoms with Crippen LogP contribution in [0.25, 0.3) is 0 Å². The van der Waals surface area contributed by atoms with Crippen LogP contribution in [0.4, 0.5) is 0 Å². The molecule has 0 radical (unpaired) electrons. The van der Waals surface area contributed by atoms with Crippen LogP contribution in [0.1, 0.15) is 32.6 Å². The van der Waals surface area contributed by atoms with Crippen molar-refractivity contribution in [2.75, 3.05) is 6.54 Å². The van der Waals surface area contributed by atoms with Gasteiger partial charge in [-0.1, -0.05) is 12.8 Å². The molecule has 1 atom stereocenters. The monoisotopic (exact) mass is 141 g/mol. The van der Waals surface area contributed by atoms with E-state index in [0.717, 1.165) is 13.0 Å². The average molecular weight is 141 g/mol. The molecule has 10 heavy (non-hydrogen) atoms. The number of hydrogen-bond donors (Lipinski definition) is 0. The maximum atomic E-state index is 10.4. The molecule has 0 N–H and O–H groups in total. The van der Waals surface area contributed by atoms with Gasteiger partial charge in [-0.2, -0.15) is 0 Å². The molecule has 1 aliphatic heterocycles. The van der Waals surface area contributed by atoms with Gasteiger partial charge >= 0.3 is 0 Å². The molecule has 0 aromatic carbocycles. The fourth-order valence-corrected chi connectivity index (χ4v) is 1.45. The summed E-state index contributed by atoms with van der Waals surface area (Å²) < 4.78 is 0. The van der Waals surface area contributed by atoms with Gasteiger partial charge in [-0.3, -0.25) is 4.79 Å². The van der Waals surface area contributed by atoms with E-state index >= 15 is 0 Å². The molecule has 0 aromatic heterocycles. The van der Waals surface area contributed by atoms with E-state index in [0.29, 0.717) is 6.04 Å². The van der Waals surface area contributed by atoms with Crippen LogP contribution in [0.3, 0.4) is 0 Å². The van der Waals surface area contributed by atoms with E-state index in [4.69, 9.17) is 0 Å². The predicted octanol–water partition coefficient (Wildman–Crippen LogP) is 1.41. The zero-order chi connectivity index (χ0) is 7.40. The number of hydrogen-bond acceptors (Lipinski definition) is 1. The zero-order valence-corrected chi connectivity index (χ0v) is 6.55. The van der Waals surface area contributed by atoms with Crippen molar-refractivity contribution < 1.29 is 4.79 Å². The highest BCUT2D eigenvalue weighted by Gasteiger charge is 2.13. The number of likely N-dealkylation sites (tertiary alicyclic amines) is 1. The highest BCUT2D eigenvalue weighted by molar-refractivity contribution is 5.47. The van der Waals surface area contributed by atoms with Gasteiger partial charge in [-0.05, 0) is 19.8 Å². The molecule has 0 aromatic rings. The summed E-state index contributed by atoms with van der Waals surface area (Å²) in [5.74, 6) is 0. The third-order valence-electron chi connectivity index (χ3n) is 2.24. The lowest BCUT2D eigenvalue weighted by Gasteiger charge is -2.21. The number of nitrogens with zero attached hydrogens (tertiary/aromatic N) is 1. The van der Waals surface area contributed by atoms with E-state index < -0.39 is 0 Å². The molecule has 1 rings (SSSR count). The van der Waals surface area contributed by atoms with E-state index in [9.17, 15) is 4.79 Å². The molecule has 1 unspecified atom stereocenters. The maximum Gasteiger partial charge on any atom is 0.209 e. The van der Waals surface area contributed by atoms with Gasteiger partial charge in [0.05, 0.1) is 0 Å². The van der Waals surface area contributed by atoms with Crippen LogP contribution in [-0.2, 0) is 4.79 Å². The smallest absolute Gasteiger partial charge is 0.209 e. The van der Waals surface area contributed by atoms with Crippen LogP contribution in [0.2, 0.25) is 0 Å². The van der Waals surface area contributed by atoms with Gasteiger partial charge in [0.15, 0.2) is 0 Å². The fraction of sp³-hybridized carbons (Fsp3) is 0.875. The standard InChI is InChI=1S/C8H15NO/c1-8-5-3-2-4-6-9(8)7-10/h7-8H,2-6H2,1H3. The van der Waals surface area contributed by atoms with Gasteiger partial charge < -0.3 is 4.90 Å². The van der Waals surface area contributed by atoms with Crippen molar-refractivity contribution in [3.63, 3.8) is 0 Å². The Balaban J connectivity index is 2.43. The summed E-state index contributed by atoms with van der Waals surface area (Å²) in [5.41, 5.74) is 0. The highest BCUT2D eigenvalue weighted by atomic mass is 16.1. The van der Waals surface area contributed by atoms with Crippen LogP contribution in [0.15, 0.2) is 0 Å². The van der Waals surface area contributed by atoms with E-state index in [2.05, 4.69) is 6.92 Å². The van der Waals surface area contributed by atoms with Crippen LogP contribution >= 0.6 is 0 Å². The Labute approximate surface area is 62.2 Å². The highest BCUT2D eigenvalue weighted by Crippen LogP contribution is 2.13. The Morgan fingerprint density at radius 3 is 2.90 bits per heavy atom. The first kappa shape index (κ1) is 7.58. The van der Waals surface area contributed by atoms with E-state index in [1.165, 1.54) is 25.7 Å². The molecule has 1 fully saturated rings. The molecule has 1 aliphatic rings. The van der Waals surface area contributed by atoms with Crippen LogP contribution in [0, 0.1) is 0 Å². The summed E-state index contributed by atoms with van der Waals surface area (Å²) in [6.45, 7) is 3.09. The second kappa shape index (κ2) is 3.59. The Morgan fingerprint density at radius 1 is 1.40 bits per heavy atom. The minimum Gasteiger partial charge on any atom is -0.343 e. The first-order chi connectivity index (χ1) is 4.84. The van der Waals surface area contributed by atoms with Gasteiger partial charge in [0.2, 0.25) is 6.41 Å². The second-order valence-electron chi connectivity index (χ2n) is 3.04. The van der Waals surface area contributed by atoms with Crippen LogP contribution in [-0.4, -0.2) is 23.9 Å². The van der Waals surface area contributed by atoms with Crippen molar-refractivity contribution in [1.82, 2.24) is 4.90 Å². The summed E-state index contributed by atoms with van der Waals surface area (Å²) in [5, 5.41) is 0. The fourth-order valence-electron chi connectivity index (χ4n) is 1.45. The number of carbonyl (C=O) groups is 1. The molecule has 2 heteroatoms. The number of rotatable bonds is 1. The number of carbonyl (C=O) groups excluding carboxylic acids is 1. The van der Waals surface area contributed by atoms with Crippen LogP contribution < -0.4 is 0 Å². The lowest BCUT2D eigenvalue weighted by molar-refractivity contribution is -0.119. The molecular weight excluding hydrogens is 126 g/mol. The summed E-state index contributed by atoms with van der Waals surface area (Å²) >= 11 is 0. The molecule has 0 spiro atoms. The number of amides is 1. The van der Waals surface area contributed by atoms with Crippen molar-refractivity contribution >= 4 is 6.41 Å². The zero-order valence-electron chi connectivity index (χ0n) is 6.55. The van der Waals surface area contributed by atoms with Gasteiger partial charge in [0.25, 0.3) is 0 Å². The van der Waals surface area contributed by atoms with Crippen molar-refractivity contribution in [2.24, 2.45) is 0 Å². The van der Waals surface area contributed by atoms with Gasteiger partial charge in [0, 0.05) is 12.6 Å². The molecule has 0 aliphatic carbocycles. The Hall–Kier alpha value is -0.530. The molecule has 0 bridgehead atoms. The Bertz CT molecular complexity index is 114. The molecule has 1 amide bonds. The SMILES string of the molecule is CC1CCCCCN1C=O.